The third kappa shape index (κ3) is 3.56. The smallest absolute Gasteiger partial charge is 0.273 e. The normalized spacial score (nSPS) is 21.1. The van der Waals surface area contributed by atoms with Crippen molar-refractivity contribution < 1.29 is 9.59 Å². The van der Waals surface area contributed by atoms with Crippen LogP contribution in [0.3, 0.4) is 0 Å². The minimum absolute atomic E-state index is 0.0269. The molecule has 174 valence electrons. The summed E-state index contributed by atoms with van der Waals surface area (Å²) in [7, 11) is 0. The number of rotatable bonds is 6. The lowest BCUT2D eigenvalue weighted by Gasteiger charge is -2.44. The highest BCUT2D eigenvalue weighted by atomic mass is 16.2. The predicted octanol–water partition coefficient (Wildman–Crippen LogP) is 4.81. The number of fused-ring (bicyclic) bond motifs is 3. The van der Waals surface area contributed by atoms with E-state index in [0.717, 1.165) is 60.7 Å². The maximum atomic E-state index is 14.2. The van der Waals surface area contributed by atoms with Crippen LogP contribution in [0.2, 0.25) is 0 Å². The van der Waals surface area contributed by atoms with Crippen molar-refractivity contribution >= 4 is 22.7 Å². The van der Waals surface area contributed by atoms with Gasteiger partial charge in [0.15, 0.2) is 0 Å². The Balaban J connectivity index is 1.67. The van der Waals surface area contributed by atoms with Crippen molar-refractivity contribution in [2.24, 2.45) is 0 Å². The summed E-state index contributed by atoms with van der Waals surface area (Å²) in [6.07, 6.45) is 10.2. The second kappa shape index (κ2) is 8.40. The molecule has 1 aromatic carbocycles. The molecule has 6 nitrogen and oxygen atoms in total. The fourth-order valence-corrected chi connectivity index (χ4v) is 5.59. The van der Waals surface area contributed by atoms with Crippen molar-refractivity contribution in [2.75, 3.05) is 6.54 Å². The van der Waals surface area contributed by atoms with Gasteiger partial charge >= 0.3 is 0 Å². The van der Waals surface area contributed by atoms with Crippen LogP contribution in [-0.4, -0.2) is 44.0 Å². The van der Waals surface area contributed by atoms with Crippen molar-refractivity contribution in [1.29, 1.82) is 0 Å². The van der Waals surface area contributed by atoms with Gasteiger partial charge in [0.05, 0.1) is 17.7 Å². The van der Waals surface area contributed by atoms with Crippen LogP contribution in [0.25, 0.3) is 16.6 Å². The van der Waals surface area contributed by atoms with E-state index in [1.165, 1.54) is 0 Å². The van der Waals surface area contributed by atoms with Crippen LogP contribution in [-0.2, 0) is 11.3 Å². The van der Waals surface area contributed by atoms with Gasteiger partial charge in [0, 0.05) is 30.4 Å². The maximum Gasteiger partial charge on any atom is 0.273 e. The van der Waals surface area contributed by atoms with Gasteiger partial charge in [-0.2, -0.15) is 0 Å². The Morgan fingerprint density at radius 2 is 1.91 bits per heavy atom. The maximum absolute atomic E-state index is 14.2. The van der Waals surface area contributed by atoms with E-state index < -0.39 is 5.54 Å². The zero-order chi connectivity index (χ0) is 23.2. The Bertz CT molecular complexity index is 1190. The number of unbranched alkanes of at least 4 members (excludes halogenated alkanes) is 1. The highest BCUT2D eigenvalue weighted by Crippen LogP contribution is 2.38. The van der Waals surface area contributed by atoms with E-state index in [-0.39, 0.29) is 17.9 Å². The molecular formula is C27H34N4O2. The summed E-state index contributed by atoms with van der Waals surface area (Å²) in [6.45, 7) is 7.18. The minimum Gasteiger partial charge on any atom is -0.351 e. The van der Waals surface area contributed by atoms with E-state index in [1.807, 2.05) is 40.9 Å². The number of amides is 2. The first kappa shape index (κ1) is 21.8. The number of carbonyl (C=O) groups excluding carboxylic acids is 2. The molecule has 1 atom stereocenters. The quantitative estimate of drug-likeness (QED) is 0.591. The first-order valence-electron chi connectivity index (χ1n) is 12.3. The van der Waals surface area contributed by atoms with Gasteiger partial charge in [-0.05, 0) is 57.4 Å². The molecule has 0 spiro atoms. The Morgan fingerprint density at radius 3 is 2.61 bits per heavy atom. The zero-order valence-electron chi connectivity index (χ0n) is 19.9. The molecule has 2 amide bonds. The van der Waals surface area contributed by atoms with E-state index in [9.17, 15) is 9.59 Å². The summed E-state index contributed by atoms with van der Waals surface area (Å²) < 4.78 is 4.12. The SMILES string of the molecule is CCCCN1C(=O)c2c(-n3cccc3)c3cc(C)ccc3n2CC1(C)C(=O)NC1CCCC1. The average molecular weight is 447 g/mol. The highest BCUT2D eigenvalue weighted by Gasteiger charge is 2.49. The fourth-order valence-electron chi connectivity index (χ4n) is 5.59. The van der Waals surface area contributed by atoms with Gasteiger partial charge < -0.3 is 19.4 Å². The number of hydrogen-bond acceptors (Lipinski definition) is 2. The largest absolute Gasteiger partial charge is 0.351 e. The minimum atomic E-state index is -0.924. The molecular weight excluding hydrogens is 412 g/mol. The second-order valence-electron chi connectivity index (χ2n) is 9.93. The molecule has 3 heterocycles. The van der Waals surface area contributed by atoms with E-state index in [0.29, 0.717) is 18.8 Å². The van der Waals surface area contributed by atoms with E-state index in [4.69, 9.17) is 0 Å². The Labute approximate surface area is 195 Å². The van der Waals surface area contributed by atoms with Crippen LogP contribution < -0.4 is 5.32 Å². The van der Waals surface area contributed by atoms with Gasteiger partial charge in [-0.1, -0.05) is 37.8 Å². The van der Waals surface area contributed by atoms with E-state index >= 15 is 0 Å². The molecule has 1 unspecified atom stereocenters. The van der Waals surface area contributed by atoms with E-state index in [1.54, 1.807) is 0 Å². The number of nitrogens with zero attached hydrogens (tertiary/aromatic N) is 3. The highest BCUT2D eigenvalue weighted by molar-refractivity contribution is 6.09. The molecule has 1 saturated carbocycles. The Kier molecular flexibility index (Phi) is 5.55. The summed E-state index contributed by atoms with van der Waals surface area (Å²) in [5.41, 5.74) is 2.81. The number of aryl methyl sites for hydroxylation is 1. The van der Waals surface area contributed by atoms with Crippen molar-refractivity contribution in [3.05, 3.63) is 54.0 Å². The molecule has 1 aliphatic carbocycles. The third-order valence-corrected chi connectivity index (χ3v) is 7.48. The molecule has 0 saturated heterocycles. The third-order valence-electron chi connectivity index (χ3n) is 7.48. The lowest BCUT2D eigenvalue weighted by atomic mass is 9.93. The van der Waals surface area contributed by atoms with Crippen LogP contribution in [0.1, 0.15) is 68.4 Å². The number of hydrogen-bond donors (Lipinski definition) is 1. The molecule has 6 heteroatoms. The van der Waals surface area contributed by atoms with Gasteiger partial charge in [0.1, 0.15) is 11.2 Å². The van der Waals surface area contributed by atoms with Crippen LogP contribution in [0.15, 0.2) is 42.7 Å². The van der Waals surface area contributed by atoms with Gasteiger partial charge in [0.25, 0.3) is 5.91 Å². The summed E-state index contributed by atoms with van der Waals surface area (Å²) >= 11 is 0. The van der Waals surface area contributed by atoms with Crippen LogP contribution in [0.4, 0.5) is 0 Å². The molecule has 5 rings (SSSR count). The van der Waals surface area contributed by atoms with Crippen LogP contribution in [0, 0.1) is 6.92 Å². The van der Waals surface area contributed by atoms with Gasteiger partial charge in [-0.25, -0.2) is 0 Å². The Hall–Kier alpha value is -3.02. The Morgan fingerprint density at radius 1 is 1.18 bits per heavy atom. The topological polar surface area (TPSA) is 59.3 Å². The molecule has 2 aromatic heterocycles. The summed E-state index contributed by atoms with van der Waals surface area (Å²) in [5.74, 6) is -0.0858. The van der Waals surface area contributed by atoms with Crippen molar-refractivity contribution in [1.82, 2.24) is 19.4 Å². The summed E-state index contributed by atoms with van der Waals surface area (Å²) in [5, 5.41) is 4.33. The number of benzene rings is 1. The summed E-state index contributed by atoms with van der Waals surface area (Å²) in [6, 6.07) is 10.5. The van der Waals surface area contributed by atoms with Crippen LogP contribution in [0.5, 0.6) is 0 Å². The predicted molar refractivity (Wildman–Crippen MR) is 131 cm³/mol. The summed E-state index contributed by atoms with van der Waals surface area (Å²) in [4.78, 5) is 29.7. The second-order valence-corrected chi connectivity index (χ2v) is 9.93. The van der Waals surface area contributed by atoms with Gasteiger partial charge in [-0.15, -0.1) is 0 Å². The lowest BCUT2D eigenvalue weighted by molar-refractivity contribution is -0.133. The van der Waals surface area contributed by atoms with Gasteiger partial charge in [-0.3, -0.25) is 9.59 Å². The molecule has 33 heavy (non-hydrogen) atoms. The van der Waals surface area contributed by atoms with Crippen molar-refractivity contribution in [3.63, 3.8) is 0 Å². The molecule has 1 N–H and O–H groups in total. The molecule has 0 bridgehead atoms. The zero-order valence-corrected chi connectivity index (χ0v) is 19.9. The molecule has 1 fully saturated rings. The van der Waals surface area contributed by atoms with E-state index in [2.05, 4.69) is 41.9 Å². The first-order valence-corrected chi connectivity index (χ1v) is 12.3. The van der Waals surface area contributed by atoms with Crippen molar-refractivity contribution in [2.45, 2.75) is 77.4 Å². The number of carbonyl (C=O) groups is 2. The molecule has 3 aromatic rings. The monoisotopic (exact) mass is 446 g/mol. The number of nitrogens with one attached hydrogen (secondary N) is 1. The molecule has 0 radical (unpaired) electrons. The molecule has 2 aliphatic rings. The van der Waals surface area contributed by atoms with Gasteiger partial charge in [0.2, 0.25) is 5.91 Å². The van der Waals surface area contributed by atoms with Crippen LogP contribution >= 0.6 is 0 Å². The standard InChI is InChI=1S/C27H34N4O2/c1-4-5-16-31-25(32)24-23(29-14-8-9-15-29)21-17-19(2)12-13-22(21)30(24)18-27(31,3)26(33)28-20-10-6-7-11-20/h8-9,12-15,17,20H,4-7,10-11,16,18H2,1-3H3,(H,28,33). The lowest BCUT2D eigenvalue weighted by Crippen LogP contribution is -2.65. The fraction of sp³-hybridized carbons (Fsp3) is 0.481. The number of aromatic nitrogens is 2. The molecule has 1 aliphatic heterocycles. The average Bonchev–Trinajstić information content (AvgIpc) is 3.54. The first-order chi connectivity index (χ1) is 15.9. The van der Waals surface area contributed by atoms with Crippen molar-refractivity contribution in [3.8, 4) is 5.69 Å².